The maximum atomic E-state index is 12.7. The van der Waals surface area contributed by atoms with Gasteiger partial charge in [0.25, 0.3) is 0 Å². The van der Waals surface area contributed by atoms with E-state index >= 15 is 0 Å². The van der Waals surface area contributed by atoms with Crippen molar-refractivity contribution in [3.63, 3.8) is 0 Å². The second-order valence-corrected chi connectivity index (χ2v) is 10.8. The van der Waals surface area contributed by atoms with E-state index in [1.807, 2.05) is 0 Å². The molecule has 2 fully saturated rings. The molecule has 52 heavy (non-hydrogen) atoms. The first-order valence-corrected chi connectivity index (χ1v) is 15.6. The SMILES string of the molecule is C=CC(=O)OCOc1c(CO)cc(/C=C/C(=O)OC2COC3C(OC(=O)/C=C/c4cc(OC)c(OCOC(=O)C=C)c(OC)c4)COC23)cc1CO. The molecule has 2 aliphatic heterocycles. The van der Waals surface area contributed by atoms with E-state index in [9.17, 15) is 29.4 Å². The fourth-order valence-corrected chi connectivity index (χ4v) is 5.18. The largest absolute Gasteiger partial charge is 0.493 e. The van der Waals surface area contributed by atoms with E-state index in [1.54, 1.807) is 12.1 Å². The van der Waals surface area contributed by atoms with Crippen LogP contribution in [0.2, 0.25) is 0 Å². The molecule has 2 aromatic carbocycles. The van der Waals surface area contributed by atoms with Crippen LogP contribution in [-0.2, 0) is 60.8 Å². The van der Waals surface area contributed by atoms with Gasteiger partial charge in [-0.1, -0.05) is 13.2 Å². The van der Waals surface area contributed by atoms with Gasteiger partial charge in [-0.3, -0.25) is 0 Å². The highest BCUT2D eigenvalue weighted by atomic mass is 16.7. The maximum absolute atomic E-state index is 12.7. The molecule has 16 nitrogen and oxygen atoms in total. The zero-order valence-corrected chi connectivity index (χ0v) is 28.3. The monoisotopic (exact) mass is 726 g/mol. The van der Waals surface area contributed by atoms with Crippen molar-refractivity contribution in [3.05, 3.63) is 84.0 Å². The number of esters is 4. The van der Waals surface area contributed by atoms with E-state index in [-0.39, 0.29) is 47.3 Å². The first kappa shape index (κ1) is 39.1. The number of carbonyl (C=O) groups excluding carboxylic acids is 4. The Bertz CT molecular complexity index is 1520. The molecule has 4 rings (SSSR count). The lowest BCUT2D eigenvalue weighted by Crippen LogP contribution is -2.35. The van der Waals surface area contributed by atoms with Crippen molar-refractivity contribution in [1.82, 2.24) is 0 Å². The van der Waals surface area contributed by atoms with Crippen molar-refractivity contribution >= 4 is 36.0 Å². The predicted molar refractivity (Wildman–Crippen MR) is 179 cm³/mol. The Morgan fingerprint density at radius 1 is 0.692 bits per heavy atom. The highest BCUT2D eigenvalue weighted by Crippen LogP contribution is 2.39. The molecule has 2 heterocycles. The number of methoxy groups -OCH3 is 2. The van der Waals surface area contributed by atoms with Gasteiger partial charge in [0.15, 0.2) is 23.7 Å². The van der Waals surface area contributed by atoms with Crippen LogP contribution < -0.4 is 18.9 Å². The van der Waals surface area contributed by atoms with Crippen LogP contribution in [0.25, 0.3) is 12.2 Å². The van der Waals surface area contributed by atoms with Gasteiger partial charge < -0.3 is 57.6 Å². The summed E-state index contributed by atoms with van der Waals surface area (Å²) in [6, 6.07) is 6.20. The van der Waals surface area contributed by atoms with E-state index in [2.05, 4.69) is 13.2 Å². The lowest BCUT2D eigenvalue weighted by molar-refractivity contribution is -0.149. The zero-order chi connectivity index (χ0) is 37.6. The molecule has 16 heteroatoms. The molecule has 4 unspecified atom stereocenters. The zero-order valence-electron chi connectivity index (χ0n) is 28.3. The van der Waals surface area contributed by atoms with Gasteiger partial charge in [0.1, 0.15) is 18.0 Å². The van der Waals surface area contributed by atoms with Gasteiger partial charge in [0.2, 0.25) is 19.3 Å². The van der Waals surface area contributed by atoms with Gasteiger partial charge in [0, 0.05) is 35.4 Å². The summed E-state index contributed by atoms with van der Waals surface area (Å²) < 4.78 is 53.9. The molecule has 2 aliphatic rings. The van der Waals surface area contributed by atoms with E-state index < -0.39 is 75.1 Å². The van der Waals surface area contributed by atoms with Crippen LogP contribution in [0.3, 0.4) is 0 Å². The first-order valence-electron chi connectivity index (χ1n) is 15.6. The summed E-state index contributed by atoms with van der Waals surface area (Å²) in [5, 5.41) is 19.7. The van der Waals surface area contributed by atoms with Gasteiger partial charge in [-0.25, -0.2) is 19.2 Å². The standard InChI is InChI=1S/C36H38O16/c1-5-29(39)47-19-49-33-23(15-37)11-21(12-24(33)16-38)7-9-31(41)51-27-17-45-36-28(18-46-35(27)36)52-32(42)10-8-22-13-25(43-3)34(26(14-22)44-4)50-20-48-30(40)6-2/h5-14,27-28,35-38H,1-2,15-20H2,3-4H3/b9-7+,10-8+. The Hall–Kier alpha value is -5.68. The second kappa shape index (κ2) is 19.1. The number of ether oxygens (including phenoxy) is 10. The van der Waals surface area contributed by atoms with Gasteiger partial charge in [-0.15, -0.1) is 0 Å². The van der Waals surface area contributed by atoms with Crippen molar-refractivity contribution in [1.29, 1.82) is 0 Å². The van der Waals surface area contributed by atoms with Crippen molar-refractivity contribution in [3.8, 4) is 23.0 Å². The summed E-state index contributed by atoms with van der Waals surface area (Å²) in [7, 11) is 2.81. The minimum atomic E-state index is -0.780. The number of benzene rings is 2. The molecule has 278 valence electrons. The molecule has 2 saturated heterocycles. The molecule has 0 saturated carbocycles. The average Bonchev–Trinajstić information content (AvgIpc) is 3.75. The molecule has 0 radical (unpaired) electrons. The Kier molecular flexibility index (Phi) is 14.3. The molecular formula is C36H38O16. The van der Waals surface area contributed by atoms with Gasteiger partial charge in [-0.2, -0.15) is 0 Å². The van der Waals surface area contributed by atoms with Crippen LogP contribution in [0.1, 0.15) is 22.3 Å². The number of aliphatic hydroxyl groups excluding tert-OH is 2. The minimum absolute atomic E-state index is 0.00534. The van der Waals surface area contributed by atoms with Crippen molar-refractivity contribution in [2.24, 2.45) is 0 Å². The van der Waals surface area contributed by atoms with Crippen LogP contribution in [0.4, 0.5) is 0 Å². The van der Waals surface area contributed by atoms with Gasteiger partial charge >= 0.3 is 23.9 Å². The third-order valence-electron chi connectivity index (χ3n) is 7.55. The van der Waals surface area contributed by atoms with Crippen LogP contribution in [0, 0.1) is 0 Å². The van der Waals surface area contributed by atoms with Crippen molar-refractivity contribution in [2.75, 3.05) is 41.0 Å². The Balaban J connectivity index is 1.31. The average molecular weight is 727 g/mol. The lowest BCUT2D eigenvalue weighted by Gasteiger charge is -2.16. The molecular weight excluding hydrogens is 688 g/mol. The summed E-state index contributed by atoms with van der Waals surface area (Å²) in [6.07, 6.45) is 4.32. The Labute approximate surface area is 298 Å². The number of hydrogen-bond donors (Lipinski definition) is 2. The summed E-state index contributed by atoms with van der Waals surface area (Å²) in [4.78, 5) is 48.0. The van der Waals surface area contributed by atoms with Crippen LogP contribution in [0.15, 0.2) is 61.7 Å². The fourth-order valence-electron chi connectivity index (χ4n) is 5.18. The number of fused-ring (bicyclic) bond motifs is 1. The minimum Gasteiger partial charge on any atom is -0.493 e. The molecule has 0 bridgehead atoms. The lowest BCUT2D eigenvalue weighted by atomic mass is 10.0. The predicted octanol–water partition coefficient (Wildman–Crippen LogP) is 2.17. The quantitative estimate of drug-likeness (QED) is 0.0979. The third kappa shape index (κ3) is 10.2. The van der Waals surface area contributed by atoms with Crippen LogP contribution in [-0.4, -0.2) is 99.5 Å². The van der Waals surface area contributed by atoms with E-state index in [4.69, 9.17) is 47.4 Å². The number of carbonyl (C=O) groups is 4. The highest BCUT2D eigenvalue weighted by molar-refractivity contribution is 5.88. The number of rotatable bonds is 18. The van der Waals surface area contributed by atoms with Crippen molar-refractivity contribution < 1.29 is 76.8 Å². The van der Waals surface area contributed by atoms with E-state index in [0.717, 1.165) is 18.2 Å². The van der Waals surface area contributed by atoms with Crippen LogP contribution in [0.5, 0.6) is 23.0 Å². The number of aliphatic hydroxyl groups is 2. The maximum Gasteiger partial charge on any atom is 0.333 e. The smallest absolute Gasteiger partial charge is 0.333 e. The molecule has 0 aromatic heterocycles. The molecule has 0 amide bonds. The summed E-state index contributed by atoms with van der Waals surface area (Å²) in [5.74, 6) is -1.96. The van der Waals surface area contributed by atoms with Gasteiger partial charge in [-0.05, 0) is 47.5 Å². The summed E-state index contributed by atoms with van der Waals surface area (Å²) >= 11 is 0. The molecule has 2 aromatic rings. The van der Waals surface area contributed by atoms with Crippen LogP contribution >= 0.6 is 0 Å². The normalized spacial score (nSPS) is 19.1. The Morgan fingerprint density at radius 2 is 1.12 bits per heavy atom. The Morgan fingerprint density at radius 3 is 1.52 bits per heavy atom. The molecule has 0 aliphatic carbocycles. The van der Waals surface area contributed by atoms with E-state index in [1.165, 1.54) is 44.6 Å². The summed E-state index contributed by atoms with van der Waals surface area (Å²) in [6.45, 7) is 4.82. The summed E-state index contributed by atoms with van der Waals surface area (Å²) in [5.41, 5.74) is 1.52. The molecule has 2 N–H and O–H groups in total. The topological polar surface area (TPSA) is 201 Å². The second-order valence-electron chi connectivity index (χ2n) is 10.8. The molecule has 4 atom stereocenters. The van der Waals surface area contributed by atoms with Crippen molar-refractivity contribution in [2.45, 2.75) is 37.6 Å². The first-order chi connectivity index (χ1) is 25.1. The fraction of sp³-hybridized carbons (Fsp3) is 0.333. The number of hydrogen-bond acceptors (Lipinski definition) is 16. The molecule has 0 spiro atoms. The van der Waals surface area contributed by atoms with Gasteiger partial charge in [0.05, 0.1) is 40.6 Å². The third-order valence-corrected chi connectivity index (χ3v) is 7.55. The van der Waals surface area contributed by atoms with E-state index in [0.29, 0.717) is 11.1 Å². The highest BCUT2D eigenvalue weighted by Gasteiger charge is 2.51.